The van der Waals surface area contributed by atoms with Crippen LogP contribution in [0.3, 0.4) is 0 Å². The maximum absolute atomic E-state index is 4.46. The Morgan fingerprint density at radius 1 is 1.44 bits per heavy atom. The smallest absolute Gasteiger partial charge is 0.124 e. The third kappa shape index (κ3) is 2.51. The standard InChI is InChI=1S/C12H14N2S2/c1-2-9(1)5-13-6-11-7-14-12(16-11)10-3-4-15-8-10/h3-4,7-9,13H,1-2,5-6H2. The molecule has 1 aliphatic rings. The highest BCUT2D eigenvalue weighted by molar-refractivity contribution is 7.15. The summed E-state index contributed by atoms with van der Waals surface area (Å²) in [5.74, 6) is 0.948. The molecular formula is C12H14N2S2. The van der Waals surface area contributed by atoms with Gasteiger partial charge in [-0.2, -0.15) is 11.3 Å². The van der Waals surface area contributed by atoms with Gasteiger partial charge in [-0.15, -0.1) is 11.3 Å². The molecule has 4 heteroatoms. The number of aromatic nitrogens is 1. The number of nitrogens with one attached hydrogen (secondary N) is 1. The first-order valence-electron chi connectivity index (χ1n) is 5.60. The van der Waals surface area contributed by atoms with E-state index in [-0.39, 0.29) is 0 Å². The molecule has 0 radical (unpaired) electrons. The van der Waals surface area contributed by atoms with E-state index in [2.05, 4.69) is 27.1 Å². The second-order valence-corrected chi connectivity index (χ2v) is 6.11. The zero-order valence-corrected chi connectivity index (χ0v) is 10.6. The molecule has 1 saturated carbocycles. The lowest BCUT2D eigenvalue weighted by Gasteiger charge is -1.99. The fraction of sp³-hybridized carbons (Fsp3) is 0.417. The summed E-state index contributed by atoms with van der Waals surface area (Å²) in [5, 5.41) is 8.89. The van der Waals surface area contributed by atoms with Gasteiger partial charge in [-0.3, -0.25) is 0 Å². The van der Waals surface area contributed by atoms with Crippen LogP contribution in [0.1, 0.15) is 17.7 Å². The zero-order valence-electron chi connectivity index (χ0n) is 8.98. The molecule has 84 valence electrons. The van der Waals surface area contributed by atoms with Crippen molar-refractivity contribution in [2.45, 2.75) is 19.4 Å². The molecule has 0 atom stereocenters. The van der Waals surface area contributed by atoms with Crippen LogP contribution in [-0.2, 0) is 6.54 Å². The monoisotopic (exact) mass is 250 g/mol. The molecule has 0 spiro atoms. The fourth-order valence-corrected chi connectivity index (χ4v) is 3.22. The summed E-state index contributed by atoms with van der Waals surface area (Å²) in [5.41, 5.74) is 1.25. The van der Waals surface area contributed by atoms with Crippen molar-refractivity contribution in [2.24, 2.45) is 5.92 Å². The molecule has 2 aromatic rings. The number of nitrogens with zero attached hydrogens (tertiary/aromatic N) is 1. The second-order valence-electron chi connectivity index (χ2n) is 4.22. The molecule has 2 nitrogen and oxygen atoms in total. The van der Waals surface area contributed by atoms with Gasteiger partial charge in [0.2, 0.25) is 0 Å². The number of hydrogen-bond acceptors (Lipinski definition) is 4. The Morgan fingerprint density at radius 3 is 3.12 bits per heavy atom. The van der Waals surface area contributed by atoms with Crippen LogP contribution in [0.5, 0.6) is 0 Å². The normalized spacial score (nSPS) is 15.5. The molecule has 16 heavy (non-hydrogen) atoms. The van der Waals surface area contributed by atoms with E-state index in [0.717, 1.165) is 17.5 Å². The van der Waals surface area contributed by atoms with Gasteiger partial charge in [0.05, 0.1) is 0 Å². The summed E-state index contributed by atoms with van der Waals surface area (Å²) >= 11 is 3.52. The Labute approximate surface area is 103 Å². The van der Waals surface area contributed by atoms with Crippen molar-refractivity contribution >= 4 is 22.7 Å². The molecule has 0 unspecified atom stereocenters. The lowest BCUT2D eigenvalue weighted by Crippen LogP contribution is -2.15. The van der Waals surface area contributed by atoms with Crippen LogP contribution in [-0.4, -0.2) is 11.5 Å². The molecule has 0 aliphatic heterocycles. The highest BCUT2D eigenvalue weighted by Crippen LogP contribution is 2.29. The van der Waals surface area contributed by atoms with Crippen molar-refractivity contribution in [2.75, 3.05) is 6.54 Å². The van der Waals surface area contributed by atoms with E-state index in [9.17, 15) is 0 Å². The van der Waals surface area contributed by atoms with Gasteiger partial charge in [0.15, 0.2) is 0 Å². The molecule has 0 bridgehead atoms. The number of rotatable bonds is 5. The van der Waals surface area contributed by atoms with Crippen LogP contribution < -0.4 is 5.32 Å². The van der Waals surface area contributed by atoms with Gasteiger partial charge in [-0.05, 0) is 36.8 Å². The first kappa shape index (κ1) is 10.4. The quantitative estimate of drug-likeness (QED) is 0.880. The van der Waals surface area contributed by atoms with Crippen LogP contribution in [0.15, 0.2) is 23.0 Å². The van der Waals surface area contributed by atoms with Gasteiger partial charge in [0.25, 0.3) is 0 Å². The molecule has 1 N–H and O–H groups in total. The highest BCUT2D eigenvalue weighted by Gasteiger charge is 2.20. The minimum absolute atomic E-state index is 0.948. The van der Waals surface area contributed by atoms with Crippen molar-refractivity contribution in [3.8, 4) is 10.6 Å². The largest absolute Gasteiger partial charge is 0.312 e. The third-order valence-corrected chi connectivity index (χ3v) is 4.48. The van der Waals surface area contributed by atoms with Crippen LogP contribution in [0.2, 0.25) is 0 Å². The van der Waals surface area contributed by atoms with Crippen molar-refractivity contribution in [1.82, 2.24) is 10.3 Å². The highest BCUT2D eigenvalue weighted by atomic mass is 32.1. The van der Waals surface area contributed by atoms with Gasteiger partial charge in [0.1, 0.15) is 5.01 Å². The van der Waals surface area contributed by atoms with Crippen LogP contribution in [0.25, 0.3) is 10.6 Å². The Balaban J connectivity index is 1.59. The summed E-state index contributed by atoms with van der Waals surface area (Å²) in [6.45, 7) is 2.14. The molecule has 0 aromatic carbocycles. The lowest BCUT2D eigenvalue weighted by atomic mass is 10.4. The second kappa shape index (κ2) is 4.65. The first-order valence-corrected chi connectivity index (χ1v) is 7.36. The van der Waals surface area contributed by atoms with E-state index in [1.165, 1.54) is 29.8 Å². The van der Waals surface area contributed by atoms with Crippen molar-refractivity contribution in [1.29, 1.82) is 0 Å². The van der Waals surface area contributed by atoms with Gasteiger partial charge < -0.3 is 5.32 Å². The Morgan fingerprint density at radius 2 is 2.38 bits per heavy atom. The van der Waals surface area contributed by atoms with Crippen LogP contribution >= 0.6 is 22.7 Å². The third-order valence-electron chi connectivity index (χ3n) is 2.75. The lowest BCUT2D eigenvalue weighted by molar-refractivity contribution is 0.643. The van der Waals surface area contributed by atoms with E-state index in [1.54, 1.807) is 22.7 Å². The molecule has 0 saturated heterocycles. The van der Waals surface area contributed by atoms with Gasteiger partial charge in [0, 0.05) is 28.6 Å². The van der Waals surface area contributed by atoms with E-state index < -0.39 is 0 Å². The average molecular weight is 250 g/mol. The number of hydrogen-bond donors (Lipinski definition) is 1. The topological polar surface area (TPSA) is 24.9 Å². The van der Waals surface area contributed by atoms with E-state index >= 15 is 0 Å². The summed E-state index contributed by atoms with van der Waals surface area (Å²) in [6, 6.07) is 2.13. The SMILES string of the molecule is c1cc(-c2ncc(CNCC3CC3)s2)cs1. The Kier molecular flexibility index (Phi) is 3.04. The van der Waals surface area contributed by atoms with Gasteiger partial charge in [-0.1, -0.05) is 0 Å². The zero-order chi connectivity index (χ0) is 10.8. The van der Waals surface area contributed by atoms with Crippen LogP contribution in [0, 0.1) is 5.92 Å². The molecule has 2 heterocycles. The summed E-state index contributed by atoms with van der Waals surface area (Å²) in [4.78, 5) is 5.79. The van der Waals surface area contributed by atoms with E-state index in [1.807, 2.05) is 6.20 Å². The summed E-state index contributed by atoms with van der Waals surface area (Å²) in [6.07, 6.45) is 4.82. The maximum Gasteiger partial charge on any atom is 0.124 e. The molecule has 1 fully saturated rings. The van der Waals surface area contributed by atoms with Crippen molar-refractivity contribution in [3.63, 3.8) is 0 Å². The number of thiazole rings is 1. The summed E-state index contributed by atoms with van der Waals surface area (Å²) in [7, 11) is 0. The Hall–Kier alpha value is -0.710. The predicted molar refractivity (Wildman–Crippen MR) is 69.9 cm³/mol. The Bertz CT molecular complexity index is 443. The predicted octanol–water partition coefficient (Wildman–Crippen LogP) is 3.37. The molecular weight excluding hydrogens is 236 g/mol. The molecule has 2 aromatic heterocycles. The van der Waals surface area contributed by atoms with Crippen molar-refractivity contribution < 1.29 is 0 Å². The molecule has 3 rings (SSSR count). The van der Waals surface area contributed by atoms with Crippen molar-refractivity contribution in [3.05, 3.63) is 27.9 Å². The van der Waals surface area contributed by atoms with Gasteiger partial charge >= 0.3 is 0 Å². The summed E-state index contributed by atoms with van der Waals surface area (Å²) < 4.78 is 0. The first-order chi connectivity index (χ1) is 7.92. The van der Waals surface area contributed by atoms with Gasteiger partial charge in [-0.25, -0.2) is 4.98 Å². The minimum Gasteiger partial charge on any atom is -0.312 e. The molecule has 1 aliphatic carbocycles. The maximum atomic E-state index is 4.46. The average Bonchev–Trinajstić information content (AvgIpc) is 2.83. The minimum atomic E-state index is 0.948. The van der Waals surface area contributed by atoms with E-state index in [0.29, 0.717) is 0 Å². The fourth-order valence-electron chi connectivity index (χ4n) is 1.63. The van der Waals surface area contributed by atoms with E-state index in [4.69, 9.17) is 0 Å². The molecule has 0 amide bonds. The number of thiophene rings is 1. The van der Waals surface area contributed by atoms with Crippen LogP contribution in [0.4, 0.5) is 0 Å².